The Labute approximate surface area is 118 Å². The molecule has 1 N–H and O–H groups in total. The number of aromatic nitrogens is 2. The standard InChI is InChI=1S/C12H8ClN3O4/c13-11-14-4-3-10(15-11)20-7-1-2-8-9(5-7)19-6-16(8)12(17)18/h1-5H,6H2,(H,17,18). The molecule has 0 saturated carbocycles. The van der Waals surface area contributed by atoms with Crippen molar-refractivity contribution < 1.29 is 19.4 Å². The third-order valence-corrected chi connectivity index (χ3v) is 2.81. The maximum Gasteiger partial charge on any atom is 0.414 e. The number of benzene rings is 1. The number of nitrogens with zero attached hydrogens (tertiary/aromatic N) is 3. The number of rotatable bonds is 2. The van der Waals surface area contributed by atoms with Crippen LogP contribution in [-0.2, 0) is 0 Å². The van der Waals surface area contributed by atoms with E-state index in [4.69, 9.17) is 26.2 Å². The van der Waals surface area contributed by atoms with Gasteiger partial charge in [0.2, 0.25) is 11.2 Å². The maximum absolute atomic E-state index is 11.0. The lowest BCUT2D eigenvalue weighted by Gasteiger charge is -2.09. The number of hydrogen-bond acceptors (Lipinski definition) is 5. The molecule has 8 heteroatoms. The number of anilines is 1. The number of ether oxygens (including phenoxy) is 2. The zero-order valence-electron chi connectivity index (χ0n) is 9.99. The Morgan fingerprint density at radius 1 is 1.45 bits per heavy atom. The highest BCUT2D eigenvalue weighted by atomic mass is 35.5. The van der Waals surface area contributed by atoms with Gasteiger partial charge >= 0.3 is 6.09 Å². The minimum atomic E-state index is -1.07. The van der Waals surface area contributed by atoms with E-state index in [0.29, 0.717) is 17.2 Å². The van der Waals surface area contributed by atoms with Gasteiger partial charge in [-0.1, -0.05) is 0 Å². The summed E-state index contributed by atoms with van der Waals surface area (Å²) >= 11 is 5.66. The average Bonchev–Trinajstić information content (AvgIpc) is 2.82. The first-order chi connectivity index (χ1) is 9.63. The maximum atomic E-state index is 11.0. The molecule has 2 heterocycles. The van der Waals surface area contributed by atoms with E-state index in [1.54, 1.807) is 24.3 Å². The van der Waals surface area contributed by atoms with Gasteiger partial charge in [-0.3, -0.25) is 0 Å². The van der Waals surface area contributed by atoms with Gasteiger partial charge in [0, 0.05) is 18.3 Å². The number of amides is 1. The van der Waals surface area contributed by atoms with Crippen LogP contribution in [0.3, 0.4) is 0 Å². The molecule has 1 aromatic heterocycles. The summed E-state index contributed by atoms with van der Waals surface area (Å²) in [4.78, 5) is 19.7. The van der Waals surface area contributed by atoms with Crippen LogP contribution in [0.25, 0.3) is 0 Å². The van der Waals surface area contributed by atoms with Crippen molar-refractivity contribution in [3.05, 3.63) is 35.7 Å². The van der Waals surface area contributed by atoms with Gasteiger partial charge in [0.05, 0.1) is 5.69 Å². The minimum Gasteiger partial charge on any atom is -0.470 e. The highest BCUT2D eigenvalue weighted by molar-refractivity contribution is 6.28. The SMILES string of the molecule is O=C(O)N1COc2cc(Oc3ccnc(Cl)n3)ccc21. The number of halogens is 1. The summed E-state index contributed by atoms with van der Waals surface area (Å²) in [5.74, 6) is 1.19. The van der Waals surface area contributed by atoms with Crippen molar-refractivity contribution in [1.82, 2.24) is 9.97 Å². The first-order valence-corrected chi connectivity index (χ1v) is 5.95. The fourth-order valence-electron chi connectivity index (χ4n) is 1.76. The van der Waals surface area contributed by atoms with E-state index < -0.39 is 6.09 Å². The zero-order chi connectivity index (χ0) is 14.1. The van der Waals surface area contributed by atoms with Crippen LogP contribution in [0.15, 0.2) is 30.5 Å². The molecule has 2 aromatic rings. The summed E-state index contributed by atoms with van der Waals surface area (Å²) in [5.41, 5.74) is 0.477. The van der Waals surface area contributed by atoms with Crippen molar-refractivity contribution in [2.45, 2.75) is 0 Å². The monoisotopic (exact) mass is 293 g/mol. The van der Waals surface area contributed by atoms with Crippen molar-refractivity contribution in [2.24, 2.45) is 0 Å². The predicted octanol–water partition coefficient (Wildman–Crippen LogP) is 2.76. The van der Waals surface area contributed by atoms with Gasteiger partial charge < -0.3 is 14.6 Å². The Morgan fingerprint density at radius 3 is 3.05 bits per heavy atom. The van der Waals surface area contributed by atoms with Gasteiger partial charge in [-0.15, -0.1) is 0 Å². The summed E-state index contributed by atoms with van der Waals surface area (Å²) in [6, 6.07) is 6.38. The van der Waals surface area contributed by atoms with Crippen molar-refractivity contribution in [3.63, 3.8) is 0 Å². The van der Waals surface area contributed by atoms with Crippen LogP contribution in [-0.4, -0.2) is 27.9 Å². The normalized spacial score (nSPS) is 12.8. The summed E-state index contributed by atoms with van der Waals surface area (Å²) in [6.45, 7) is -0.0343. The third-order valence-electron chi connectivity index (χ3n) is 2.63. The van der Waals surface area contributed by atoms with E-state index in [9.17, 15) is 4.79 Å². The summed E-state index contributed by atoms with van der Waals surface area (Å²) in [5, 5.41) is 9.06. The molecular formula is C12H8ClN3O4. The average molecular weight is 294 g/mol. The Balaban J connectivity index is 1.85. The topological polar surface area (TPSA) is 84.8 Å². The number of carboxylic acid groups (broad SMARTS) is 1. The molecule has 1 amide bonds. The summed E-state index contributed by atoms with van der Waals surface area (Å²) < 4.78 is 10.8. The third kappa shape index (κ3) is 2.30. The molecule has 0 radical (unpaired) electrons. The quantitative estimate of drug-likeness (QED) is 0.857. The molecule has 1 aliphatic rings. The van der Waals surface area contributed by atoms with Gasteiger partial charge in [0.1, 0.15) is 11.5 Å². The Hall–Kier alpha value is -2.54. The number of carbonyl (C=O) groups is 1. The molecule has 3 rings (SSSR count). The molecule has 0 saturated heterocycles. The highest BCUT2D eigenvalue weighted by Gasteiger charge is 2.26. The Bertz CT molecular complexity index is 680. The zero-order valence-corrected chi connectivity index (χ0v) is 10.7. The van der Waals surface area contributed by atoms with Crippen LogP contribution in [0.5, 0.6) is 17.4 Å². The first-order valence-electron chi connectivity index (χ1n) is 5.57. The predicted molar refractivity (Wildman–Crippen MR) is 69.6 cm³/mol. The molecule has 0 aliphatic carbocycles. The molecule has 1 aliphatic heterocycles. The number of hydrogen-bond donors (Lipinski definition) is 1. The van der Waals surface area contributed by atoms with Gasteiger partial charge in [-0.2, -0.15) is 4.98 Å². The lowest BCUT2D eigenvalue weighted by atomic mass is 10.2. The fourth-order valence-corrected chi connectivity index (χ4v) is 1.90. The lowest BCUT2D eigenvalue weighted by Crippen LogP contribution is -2.27. The van der Waals surface area contributed by atoms with E-state index in [1.165, 1.54) is 6.20 Å². The molecule has 0 unspecified atom stereocenters. The molecule has 20 heavy (non-hydrogen) atoms. The van der Waals surface area contributed by atoms with Crippen LogP contribution in [0.4, 0.5) is 10.5 Å². The van der Waals surface area contributed by atoms with Crippen LogP contribution < -0.4 is 14.4 Å². The van der Waals surface area contributed by atoms with E-state index in [2.05, 4.69) is 9.97 Å². The van der Waals surface area contributed by atoms with Crippen LogP contribution in [0.1, 0.15) is 0 Å². The molecule has 102 valence electrons. The second-order valence-corrected chi connectivity index (χ2v) is 4.22. The molecule has 7 nitrogen and oxygen atoms in total. The molecule has 0 atom stereocenters. The van der Waals surface area contributed by atoms with E-state index in [-0.39, 0.29) is 17.9 Å². The smallest absolute Gasteiger partial charge is 0.414 e. The molecule has 1 aromatic carbocycles. The molecular weight excluding hydrogens is 286 g/mol. The molecule has 0 spiro atoms. The fraction of sp³-hybridized carbons (Fsp3) is 0.0833. The van der Waals surface area contributed by atoms with Crippen molar-refractivity contribution in [1.29, 1.82) is 0 Å². The van der Waals surface area contributed by atoms with E-state index >= 15 is 0 Å². The first kappa shape index (κ1) is 12.5. The summed E-state index contributed by atoms with van der Waals surface area (Å²) in [7, 11) is 0. The molecule has 0 fully saturated rings. The minimum absolute atomic E-state index is 0.0343. The highest BCUT2D eigenvalue weighted by Crippen LogP contribution is 2.37. The summed E-state index contributed by atoms with van der Waals surface area (Å²) in [6.07, 6.45) is 0.403. The van der Waals surface area contributed by atoms with Gasteiger partial charge in [-0.25, -0.2) is 14.7 Å². The van der Waals surface area contributed by atoms with Crippen LogP contribution in [0, 0.1) is 0 Å². The van der Waals surface area contributed by atoms with Crippen molar-refractivity contribution in [2.75, 3.05) is 11.6 Å². The largest absolute Gasteiger partial charge is 0.470 e. The van der Waals surface area contributed by atoms with E-state index in [0.717, 1.165) is 4.90 Å². The van der Waals surface area contributed by atoms with Gasteiger partial charge in [0.15, 0.2) is 6.73 Å². The second kappa shape index (κ2) is 4.86. The van der Waals surface area contributed by atoms with Gasteiger partial charge in [0.25, 0.3) is 0 Å². The van der Waals surface area contributed by atoms with Crippen molar-refractivity contribution in [3.8, 4) is 17.4 Å². The van der Waals surface area contributed by atoms with Crippen LogP contribution >= 0.6 is 11.6 Å². The van der Waals surface area contributed by atoms with E-state index in [1.807, 2.05) is 0 Å². The number of fused-ring (bicyclic) bond motifs is 1. The Kier molecular flexibility index (Phi) is 3.03. The van der Waals surface area contributed by atoms with Crippen LogP contribution in [0.2, 0.25) is 5.28 Å². The lowest BCUT2D eigenvalue weighted by molar-refractivity contribution is 0.197. The van der Waals surface area contributed by atoms with Crippen molar-refractivity contribution >= 4 is 23.4 Å². The Morgan fingerprint density at radius 2 is 2.30 bits per heavy atom. The van der Waals surface area contributed by atoms with Gasteiger partial charge in [-0.05, 0) is 23.7 Å². The molecule has 0 bridgehead atoms. The second-order valence-electron chi connectivity index (χ2n) is 3.88.